The number of ether oxygens (including phenoxy) is 1. The molecule has 8 heteroatoms. The van der Waals surface area contributed by atoms with Crippen molar-refractivity contribution in [2.24, 2.45) is 0 Å². The topological polar surface area (TPSA) is 76.8 Å². The van der Waals surface area contributed by atoms with Gasteiger partial charge in [0, 0.05) is 44.8 Å². The number of methoxy groups -OCH3 is 1. The average Bonchev–Trinajstić information content (AvgIpc) is 3.23. The van der Waals surface area contributed by atoms with Crippen LogP contribution in [0, 0.1) is 6.33 Å². The fourth-order valence-electron chi connectivity index (χ4n) is 4.85. The third-order valence-electron chi connectivity index (χ3n) is 6.68. The lowest BCUT2D eigenvalue weighted by Crippen LogP contribution is -2.31. The van der Waals surface area contributed by atoms with E-state index in [0.717, 1.165) is 59.4 Å². The third-order valence-corrected chi connectivity index (χ3v) is 7.60. The number of pyridine rings is 1. The van der Waals surface area contributed by atoms with E-state index in [1.54, 1.807) is 11.6 Å². The summed E-state index contributed by atoms with van der Waals surface area (Å²) in [5, 5.41) is 4.24. The van der Waals surface area contributed by atoms with E-state index >= 15 is 0 Å². The smallest absolute Gasteiger partial charge is 0.221 e. The van der Waals surface area contributed by atoms with Crippen molar-refractivity contribution < 1.29 is 13.2 Å². The molecule has 0 bridgehead atoms. The Kier molecular flexibility index (Phi) is 6.69. The zero-order valence-corrected chi connectivity index (χ0v) is 20.9. The Morgan fingerprint density at radius 2 is 1.83 bits per heavy atom. The summed E-state index contributed by atoms with van der Waals surface area (Å²) in [4.78, 5) is 6.72. The Morgan fingerprint density at radius 3 is 2.63 bits per heavy atom. The van der Waals surface area contributed by atoms with Crippen molar-refractivity contribution in [2.75, 3.05) is 38.8 Å². The summed E-state index contributed by atoms with van der Waals surface area (Å²) in [5.74, 6) is 0.203. The molecule has 0 unspecified atom stereocenters. The van der Waals surface area contributed by atoms with Crippen LogP contribution in [-0.2, 0) is 34.0 Å². The second kappa shape index (κ2) is 9.89. The summed E-state index contributed by atoms with van der Waals surface area (Å²) in [6.45, 7) is 2.81. The number of hydrogen-bond donors (Lipinski definition) is 0. The van der Waals surface area contributed by atoms with Crippen LogP contribution in [0.1, 0.15) is 16.7 Å². The van der Waals surface area contributed by atoms with E-state index in [-0.39, 0.29) is 5.75 Å². The fraction of sp³-hybridized carbons (Fsp3) is 0.333. The Morgan fingerprint density at radius 1 is 1.03 bits per heavy atom. The zero-order valence-electron chi connectivity index (χ0n) is 20.1. The second-order valence-corrected chi connectivity index (χ2v) is 11.4. The maximum absolute atomic E-state index is 11.6. The van der Waals surface area contributed by atoms with E-state index < -0.39 is 9.84 Å². The lowest BCUT2D eigenvalue weighted by Gasteiger charge is -2.18. The number of sulfone groups is 1. The van der Waals surface area contributed by atoms with Crippen molar-refractivity contribution in [1.29, 1.82) is 0 Å². The molecule has 0 atom stereocenters. The lowest BCUT2D eigenvalue weighted by molar-refractivity contribution is 0.185. The van der Waals surface area contributed by atoms with E-state index in [4.69, 9.17) is 4.74 Å². The molecule has 3 heterocycles. The molecular formula is C27H29N4O3S. The number of rotatable bonds is 7. The van der Waals surface area contributed by atoms with E-state index in [0.29, 0.717) is 13.2 Å². The molecule has 0 N–H and O–H groups in total. The van der Waals surface area contributed by atoms with E-state index in [1.165, 1.54) is 17.4 Å². The van der Waals surface area contributed by atoms with E-state index in [9.17, 15) is 8.42 Å². The molecule has 0 aliphatic carbocycles. The van der Waals surface area contributed by atoms with Crippen molar-refractivity contribution in [2.45, 2.75) is 19.4 Å². The summed E-state index contributed by atoms with van der Waals surface area (Å²) in [7, 11) is -1.26. The molecular weight excluding hydrogens is 460 g/mol. The molecule has 1 aliphatic heterocycles. The molecule has 2 aromatic carbocycles. The first-order valence-electron chi connectivity index (χ1n) is 11.8. The highest BCUT2D eigenvalue weighted by Gasteiger charge is 2.20. The minimum Gasteiger partial charge on any atom is -0.380 e. The summed E-state index contributed by atoms with van der Waals surface area (Å²) < 4.78 is 30.5. The number of fused-ring (bicyclic) bond motifs is 2. The monoisotopic (exact) mass is 489 g/mol. The van der Waals surface area contributed by atoms with Crippen LogP contribution in [0.2, 0.25) is 0 Å². The largest absolute Gasteiger partial charge is 0.380 e. The molecule has 0 spiro atoms. The maximum Gasteiger partial charge on any atom is 0.221 e. The number of nitrogens with zero attached hydrogens (tertiary/aromatic N) is 4. The summed E-state index contributed by atoms with van der Waals surface area (Å²) in [6, 6.07) is 17.0. The molecule has 4 aromatic rings. The van der Waals surface area contributed by atoms with Crippen LogP contribution < -0.4 is 0 Å². The molecule has 2 aromatic heterocycles. The first-order chi connectivity index (χ1) is 16.9. The van der Waals surface area contributed by atoms with Crippen LogP contribution in [0.5, 0.6) is 0 Å². The van der Waals surface area contributed by atoms with Crippen molar-refractivity contribution in [3.05, 3.63) is 77.7 Å². The third kappa shape index (κ3) is 5.15. The zero-order chi connectivity index (χ0) is 24.4. The summed E-state index contributed by atoms with van der Waals surface area (Å²) in [6.07, 6.45) is 7.79. The normalized spacial score (nSPS) is 14.7. The quantitative estimate of drug-likeness (QED) is 0.396. The highest BCUT2D eigenvalue weighted by molar-refractivity contribution is 7.90. The standard InChI is InChI=1S/C27H29N4O3S/c1-34-18-23-5-3-4-6-24(23)26-25(11-14-31-27(26)28-19-29-31)22-8-7-20-9-12-30(13-10-21(20)17-22)15-16-35(2,32)33/h3-8,11,14,17H,9-10,12-13,15-16,18H2,1-2H3. The molecule has 0 fully saturated rings. The maximum atomic E-state index is 11.6. The van der Waals surface area contributed by atoms with Gasteiger partial charge in [-0.15, -0.1) is 5.10 Å². The number of hydrogen-bond acceptors (Lipinski definition) is 6. The van der Waals surface area contributed by atoms with Crippen molar-refractivity contribution in [1.82, 2.24) is 19.5 Å². The van der Waals surface area contributed by atoms with Crippen molar-refractivity contribution in [3.63, 3.8) is 0 Å². The number of aromatic nitrogens is 3. The lowest BCUT2D eigenvalue weighted by atomic mass is 9.90. The van der Waals surface area contributed by atoms with Crippen molar-refractivity contribution >= 4 is 15.5 Å². The Balaban J connectivity index is 1.54. The van der Waals surface area contributed by atoms with Gasteiger partial charge in [0.15, 0.2) is 5.65 Å². The van der Waals surface area contributed by atoms with Crippen molar-refractivity contribution in [3.8, 4) is 22.3 Å². The van der Waals surface area contributed by atoms with Crippen LogP contribution in [0.15, 0.2) is 54.7 Å². The fourth-order valence-corrected chi connectivity index (χ4v) is 5.44. The van der Waals surface area contributed by atoms with Gasteiger partial charge in [-0.3, -0.25) is 0 Å². The molecule has 0 saturated heterocycles. The average molecular weight is 490 g/mol. The molecule has 1 aliphatic rings. The first kappa shape index (κ1) is 23.7. The first-order valence-corrected chi connectivity index (χ1v) is 13.8. The van der Waals surface area contributed by atoms with E-state index in [2.05, 4.69) is 57.7 Å². The minimum absolute atomic E-state index is 0.203. The Labute approximate surface area is 206 Å². The summed E-state index contributed by atoms with van der Waals surface area (Å²) in [5.41, 5.74) is 8.78. The number of benzene rings is 2. The Bertz CT molecular complexity index is 1460. The van der Waals surface area contributed by atoms with Gasteiger partial charge < -0.3 is 9.64 Å². The van der Waals surface area contributed by atoms with E-state index in [1.807, 2.05) is 18.3 Å². The van der Waals surface area contributed by atoms with Crippen LogP contribution in [-0.4, -0.2) is 66.7 Å². The van der Waals surface area contributed by atoms with Crippen LogP contribution >= 0.6 is 0 Å². The molecule has 0 saturated carbocycles. The predicted molar refractivity (Wildman–Crippen MR) is 137 cm³/mol. The molecule has 0 amide bonds. The highest BCUT2D eigenvalue weighted by atomic mass is 32.2. The van der Waals surface area contributed by atoms with Gasteiger partial charge in [-0.25, -0.2) is 17.9 Å². The highest BCUT2D eigenvalue weighted by Crippen LogP contribution is 2.37. The summed E-state index contributed by atoms with van der Waals surface area (Å²) >= 11 is 0. The van der Waals surface area contributed by atoms with Gasteiger partial charge in [-0.1, -0.05) is 42.5 Å². The van der Waals surface area contributed by atoms with Gasteiger partial charge in [0.25, 0.3) is 0 Å². The second-order valence-electron chi connectivity index (χ2n) is 9.13. The Hall–Kier alpha value is -3.07. The van der Waals surface area contributed by atoms with Crippen LogP contribution in [0.3, 0.4) is 0 Å². The van der Waals surface area contributed by atoms with Gasteiger partial charge in [-0.2, -0.15) is 0 Å². The van der Waals surface area contributed by atoms with Gasteiger partial charge >= 0.3 is 0 Å². The van der Waals surface area contributed by atoms with Gasteiger partial charge in [-0.05, 0) is 52.3 Å². The molecule has 35 heavy (non-hydrogen) atoms. The minimum atomic E-state index is -2.96. The molecule has 5 rings (SSSR count). The molecule has 1 radical (unpaired) electrons. The van der Waals surface area contributed by atoms with Crippen LogP contribution in [0.4, 0.5) is 0 Å². The van der Waals surface area contributed by atoms with Gasteiger partial charge in [0.05, 0.1) is 12.4 Å². The SMILES string of the molecule is COCc1ccccc1-c1c(-c2ccc3c(c2)CCN(CCS(C)(=O)=O)CC3)ccn2n[c]nc12. The predicted octanol–water partition coefficient (Wildman–Crippen LogP) is 3.46. The molecule has 7 nitrogen and oxygen atoms in total. The van der Waals surface area contributed by atoms with Gasteiger partial charge in [0.2, 0.25) is 6.33 Å². The van der Waals surface area contributed by atoms with Crippen LogP contribution in [0.25, 0.3) is 27.9 Å². The molecule has 181 valence electrons. The van der Waals surface area contributed by atoms with Gasteiger partial charge in [0.1, 0.15) is 9.84 Å².